The molecule has 2 nitrogen and oxygen atoms in total. The normalized spacial score (nSPS) is 13.7. The Bertz CT molecular complexity index is 442. The largest absolute Gasteiger partial charge is 0.431 e. The molecule has 15 heavy (non-hydrogen) atoms. The fourth-order valence-corrected chi connectivity index (χ4v) is 2.21. The van der Waals surface area contributed by atoms with Crippen molar-refractivity contribution in [2.24, 2.45) is 0 Å². The Balaban J connectivity index is 2.22. The van der Waals surface area contributed by atoms with Gasteiger partial charge in [-0.05, 0) is 26.0 Å². The number of hydrogen-bond acceptors (Lipinski definition) is 3. The van der Waals surface area contributed by atoms with Crippen molar-refractivity contribution in [2.45, 2.75) is 24.3 Å². The first-order valence-electron chi connectivity index (χ1n) is 4.94. The Labute approximate surface area is 93.4 Å². The van der Waals surface area contributed by atoms with Crippen molar-refractivity contribution < 1.29 is 4.42 Å². The molecule has 0 spiro atoms. The highest BCUT2D eigenvalue weighted by Gasteiger charge is 2.07. The van der Waals surface area contributed by atoms with Crippen molar-refractivity contribution in [2.75, 3.05) is 0 Å². The molecule has 2 rings (SSSR count). The van der Waals surface area contributed by atoms with Gasteiger partial charge in [0.2, 0.25) is 0 Å². The van der Waals surface area contributed by atoms with Crippen LogP contribution in [-0.2, 0) is 0 Å². The maximum Gasteiger partial charge on any atom is 0.257 e. The molecule has 1 atom stereocenters. The molecule has 1 aromatic heterocycles. The molecule has 0 saturated heterocycles. The van der Waals surface area contributed by atoms with E-state index in [0.717, 1.165) is 16.3 Å². The average Bonchev–Trinajstić information content (AvgIpc) is 2.59. The van der Waals surface area contributed by atoms with Crippen LogP contribution in [0.15, 0.2) is 46.1 Å². The lowest BCUT2D eigenvalue weighted by Gasteiger charge is -1.99. The first-order chi connectivity index (χ1) is 7.29. The Morgan fingerprint density at radius 1 is 1.40 bits per heavy atom. The molecule has 78 valence electrons. The van der Waals surface area contributed by atoms with Crippen LogP contribution in [0.1, 0.15) is 13.8 Å². The van der Waals surface area contributed by atoms with Gasteiger partial charge in [-0.1, -0.05) is 36.0 Å². The topological polar surface area (TPSA) is 26.0 Å². The smallest absolute Gasteiger partial charge is 0.257 e. The fraction of sp³-hybridized carbons (Fsp3) is 0.250. The third kappa shape index (κ3) is 2.42. The van der Waals surface area contributed by atoms with Crippen LogP contribution in [0.3, 0.4) is 0 Å². The number of thioether (sulfide) groups is 1. The molecular formula is C12H13NOS. The molecule has 0 radical (unpaired) electrons. The van der Waals surface area contributed by atoms with Crippen molar-refractivity contribution in [1.82, 2.24) is 4.98 Å². The van der Waals surface area contributed by atoms with E-state index in [0.29, 0.717) is 5.25 Å². The quantitative estimate of drug-likeness (QED) is 0.578. The van der Waals surface area contributed by atoms with Gasteiger partial charge in [-0.2, -0.15) is 0 Å². The van der Waals surface area contributed by atoms with E-state index in [-0.39, 0.29) is 0 Å². The molecule has 1 unspecified atom stereocenters. The zero-order chi connectivity index (χ0) is 10.7. The van der Waals surface area contributed by atoms with Crippen LogP contribution in [-0.4, -0.2) is 10.2 Å². The van der Waals surface area contributed by atoms with Gasteiger partial charge in [-0.25, -0.2) is 4.98 Å². The zero-order valence-corrected chi connectivity index (χ0v) is 9.62. The monoisotopic (exact) mass is 219 g/mol. The molecule has 0 aliphatic carbocycles. The second-order valence-electron chi connectivity index (χ2n) is 3.30. The summed E-state index contributed by atoms with van der Waals surface area (Å²) >= 11 is 1.63. The van der Waals surface area contributed by atoms with Crippen LogP contribution in [0.2, 0.25) is 0 Å². The van der Waals surface area contributed by atoms with E-state index in [4.69, 9.17) is 4.42 Å². The van der Waals surface area contributed by atoms with Crippen molar-refractivity contribution in [1.29, 1.82) is 0 Å². The number of rotatable bonds is 3. The number of fused-ring (bicyclic) bond motifs is 1. The Hall–Kier alpha value is -1.22. The van der Waals surface area contributed by atoms with Crippen molar-refractivity contribution in [3.63, 3.8) is 0 Å². The molecule has 0 fully saturated rings. The molecule has 0 amide bonds. The Kier molecular flexibility index (Phi) is 3.11. The minimum atomic E-state index is 0.392. The molecule has 2 aromatic rings. The summed E-state index contributed by atoms with van der Waals surface area (Å²) in [6.07, 6.45) is 4.17. The van der Waals surface area contributed by atoms with Gasteiger partial charge in [0, 0.05) is 5.25 Å². The molecule has 0 bridgehead atoms. The highest BCUT2D eigenvalue weighted by atomic mass is 32.2. The van der Waals surface area contributed by atoms with Crippen LogP contribution in [0.4, 0.5) is 0 Å². The summed E-state index contributed by atoms with van der Waals surface area (Å²) < 4.78 is 5.60. The van der Waals surface area contributed by atoms with Crippen molar-refractivity contribution in [3.8, 4) is 0 Å². The van der Waals surface area contributed by atoms with Gasteiger partial charge < -0.3 is 4.42 Å². The van der Waals surface area contributed by atoms with E-state index >= 15 is 0 Å². The van der Waals surface area contributed by atoms with Crippen molar-refractivity contribution >= 4 is 22.9 Å². The van der Waals surface area contributed by atoms with E-state index in [1.807, 2.05) is 37.3 Å². The Morgan fingerprint density at radius 2 is 2.20 bits per heavy atom. The number of hydrogen-bond donors (Lipinski definition) is 0. The van der Waals surface area contributed by atoms with Gasteiger partial charge in [-0.15, -0.1) is 0 Å². The minimum Gasteiger partial charge on any atom is -0.431 e. The maximum atomic E-state index is 5.60. The predicted octanol–water partition coefficient (Wildman–Crippen LogP) is 3.88. The van der Waals surface area contributed by atoms with Gasteiger partial charge in [-0.3, -0.25) is 0 Å². The van der Waals surface area contributed by atoms with Crippen molar-refractivity contribution in [3.05, 3.63) is 36.4 Å². The number of para-hydroxylation sites is 2. The molecule has 0 aliphatic rings. The summed E-state index contributed by atoms with van der Waals surface area (Å²) in [6.45, 7) is 4.14. The Morgan fingerprint density at radius 3 is 2.93 bits per heavy atom. The van der Waals surface area contributed by atoms with Gasteiger partial charge >= 0.3 is 0 Å². The lowest BCUT2D eigenvalue weighted by Crippen LogP contribution is -1.88. The SMILES string of the molecule is CC=CC(C)Sc1nc2ccccc2o1. The number of allylic oxidation sites excluding steroid dienone is 1. The van der Waals surface area contributed by atoms with Crippen LogP contribution in [0.5, 0.6) is 0 Å². The lowest BCUT2D eigenvalue weighted by atomic mass is 10.3. The summed E-state index contributed by atoms with van der Waals surface area (Å²) in [4.78, 5) is 4.40. The molecule has 1 heterocycles. The molecular weight excluding hydrogens is 206 g/mol. The van der Waals surface area contributed by atoms with Crippen LogP contribution in [0.25, 0.3) is 11.1 Å². The summed E-state index contributed by atoms with van der Waals surface area (Å²) in [7, 11) is 0. The molecule has 0 aliphatic heterocycles. The number of aromatic nitrogens is 1. The number of benzene rings is 1. The molecule has 1 aromatic carbocycles. The van der Waals surface area contributed by atoms with Gasteiger partial charge in [0.1, 0.15) is 5.52 Å². The number of oxazole rings is 1. The summed E-state index contributed by atoms with van der Waals surface area (Å²) in [5.41, 5.74) is 1.78. The second kappa shape index (κ2) is 4.53. The van der Waals surface area contributed by atoms with Crippen LogP contribution in [0, 0.1) is 0 Å². The second-order valence-corrected chi connectivity index (χ2v) is 4.62. The summed E-state index contributed by atoms with van der Waals surface area (Å²) in [5, 5.41) is 1.13. The standard InChI is InChI=1S/C12H13NOS/c1-3-6-9(2)15-12-13-10-7-4-5-8-11(10)14-12/h3-9H,1-2H3. The highest BCUT2D eigenvalue weighted by Crippen LogP contribution is 2.26. The lowest BCUT2D eigenvalue weighted by molar-refractivity contribution is 0.489. The maximum absolute atomic E-state index is 5.60. The van der Waals surface area contributed by atoms with Crippen LogP contribution >= 0.6 is 11.8 Å². The predicted molar refractivity (Wildman–Crippen MR) is 64.1 cm³/mol. The van der Waals surface area contributed by atoms with E-state index < -0.39 is 0 Å². The third-order valence-corrected chi connectivity index (χ3v) is 2.93. The van der Waals surface area contributed by atoms with E-state index in [1.165, 1.54) is 0 Å². The highest BCUT2D eigenvalue weighted by molar-refractivity contribution is 7.99. The van der Waals surface area contributed by atoms with Crippen LogP contribution < -0.4 is 0 Å². The molecule has 0 N–H and O–H groups in total. The van der Waals surface area contributed by atoms with E-state index in [2.05, 4.69) is 18.0 Å². The first kappa shape index (κ1) is 10.3. The van der Waals surface area contributed by atoms with E-state index in [1.54, 1.807) is 11.8 Å². The summed E-state index contributed by atoms with van der Waals surface area (Å²) in [6, 6.07) is 7.82. The summed E-state index contributed by atoms with van der Waals surface area (Å²) in [5.74, 6) is 0. The fourth-order valence-electron chi connectivity index (χ4n) is 1.37. The van der Waals surface area contributed by atoms with E-state index in [9.17, 15) is 0 Å². The minimum absolute atomic E-state index is 0.392. The third-order valence-electron chi connectivity index (χ3n) is 2.02. The molecule has 0 saturated carbocycles. The molecule has 3 heteroatoms. The van der Waals surface area contributed by atoms with Gasteiger partial charge in [0.05, 0.1) is 0 Å². The number of nitrogens with zero attached hydrogens (tertiary/aromatic N) is 1. The zero-order valence-electron chi connectivity index (χ0n) is 8.81. The van der Waals surface area contributed by atoms with Gasteiger partial charge in [0.25, 0.3) is 5.22 Å². The first-order valence-corrected chi connectivity index (χ1v) is 5.82. The average molecular weight is 219 g/mol. The van der Waals surface area contributed by atoms with Gasteiger partial charge in [0.15, 0.2) is 5.58 Å².